The minimum absolute atomic E-state index is 0.182. The number of benzene rings is 1. The first kappa shape index (κ1) is 27.7. The van der Waals surface area contributed by atoms with E-state index >= 15 is 0 Å². The molecule has 4 aromatic rings. The Balaban J connectivity index is 1.70. The van der Waals surface area contributed by atoms with Crippen molar-refractivity contribution in [3.63, 3.8) is 0 Å². The van der Waals surface area contributed by atoms with Gasteiger partial charge in [-0.05, 0) is 87.4 Å². The summed E-state index contributed by atoms with van der Waals surface area (Å²) < 4.78 is 73.2. The van der Waals surface area contributed by atoms with E-state index in [0.29, 0.717) is 33.1 Å². The van der Waals surface area contributed by atoms with E-state index in [1.54, 1.807) is 70.3 Å². The van der Waals surface area contributed by atoms with Crippen LogP contribution in [0.5, 0.6) is 5.75 Å². The van der Waals surface area contributed by atoms with Gasteiger partial charge >= 0.3 is 6.18 Å². The fourth-order valence-electron chi connectivity index (χ4n) is 3.87. The molecule has 3 aromatic heterocycles. The Morgan fingerprint density at radius 1 is 0.895 bits per heavy atom. The first-order valence-corrected chi connectivity index (χ1v) is 13.8. The predicted molar refractivity (Wildman–Crippen MR) is 143 cm³/mol. The van der Waals surface area contributed by atoms with Crippen LogP contribution >= 0.6 is 11.3 Å². The molecule has 0 aliphatic heterocycles. The molecular formula is C27H26F3N3O3S2. The summed E-state index contributed by atoms with van der Waals surface area (Å²) in [7, 11) is -2.47. The monoisotopic (exact) mass is 561 g/mol. The van der Waals surface area contributed by atoms with Crippen LogP contribution in [-0.2, 0) is 16.2 Å². The number of rotatable bonds is 6. The summed E-state index contributed by atoms with van der Waals surface area (Å²) in [5.74, 6) is -0.262. The molecule has 0 unspecified atom stereocenters. The molecule has 0 amide bonds. The third-order valence-corrected chi connectivity index (χ3v) is 8.75. The molecule has 4 rings (SSSR count). The van der Waals surface area contributed by atoms with E-state index in [2.05, 4.69) is 14.7 Å². The fourth-order valence-corrected chi connectivity index (χ4v) is 6.56. The summed E-state index contributed by atoms with van der Waals surface area (Å²) >= 11 is 1.11. The van der Waals surface area contributed by atoms with Crippen molar-refractivity contribution in [3.8, 4) is 38.7 Å². The van der Waals surface area contributed by atoms with E-state index in [9.17, 15) is 21.6 Å². The highest BCUT2D eigenvalue weighted by atomic mass is 32.2. The zero-order valence-electron chi connectivity index (χ0n) is 21.3. The van der Waals surface area contributed by atoms with Gasteiger partial charge in [0.15, 0.2) is 0 Å². The van der Waals surface area contributed by atoms with Gasteiger partial charge in [0.05, 0.1) is 28.9 Å². The predicted octanol–water partition coefficient (Wildman–Crippen LogP) is 6.95. The molecule has 38 heavy (non-hydrogen) atoms. The molecule has 0 atom stereocenters. The molecule has 0 fully saturated rings. The second-order valence-corrected chi connectivity index (χ2v) is 12.7. The lowest BCUT2D eigenvalue weighted by molar-refractivity contribution is -0.138. The molecule has 0 saturated carbocycles. The zero-order chi connectivity index (χ0) is 27.9. The molecule has 11 heteroatoms. The Morgan fingerprint density at radius 3 is 2.26 bits per heavy atom. The molecule has 200 valence electrons. The lowest BCUT2D eigenvalue weighted by Gasteiger charge is -2.19. The minimum atomic E-state index is -4.53. The van der Waals surface area contributed by atoms with E-state index in [4.69, 9.17) is 4.74 Å². The van der Waals surface area contributed by atoms with Gasteiger partial charge in [-0.15, -0.1) is 11.3 Å². The van der Waals surface area contributed by atoms with Crippen LogP contribution in [0, 0.1) is 6.92 Å². The van der Waals surface area contributed by atoms with E-state index in [1.807, 2.05) is 0 Å². The Kier molecular flexibility index (Phi) is 7.39. The van der Waals surface area contributed by atoms with Crippen LogP contribution in [0.4, 0.5) is 13.2 Å². The standard InChI is InChI=1S/C27H26F3N3O3S2/c1-16-12-19(17-6-7-20(27(28,29)30)23(15-17)36-5)14-21(32-16)18-10-11-31-22(13-18)24-8-9-25(37-24)38(34,35)33-26(2,3)4/h6-15,33H,1-5H3. The quantitative estimate of drug-likeness (QED) is 0.276. The molecule has 6 nitrogen and oxygen atoms in total. The van der Waals surface area contributed by atoms with Crippen molar-refractivity contribution >= 4 is 21.4 Å². The third kappa shape index (κ3) is 6.23. The second-order valence-electron chi connectivity index (χ2n) is 9.70. The van der Waals surface area contributed by atoms with Crippen molar-refractivity contribution in [1.82, 2.24) is 14.7 Å². The van der Waals surface area contributed by atoms with E-state index in [-0.39, 0.29) is 9.96 Å². The number of aryl methyl sites for hydroxylation is 1. The molecule has 1 N–H and O–H groups in total. The van der Waals surface area contributed by atoms with E-state index in [0.717, 1.165) is 23.0 Å². The molecule has 0 radical (unpaired) electrons. The van der Waals surface area contributed by atoms with E-state index in [1.165, 1.54) is 19.2 Å². The number of halogens is 3. The number of sulfonamides is 1. The molecule has 0 aliphatic carbocycles. The summed E-state index contributed by atoms with van der Waals surface area (Å²) in [6.45, 7) is 7.12. The van der Waals surface area contributed by atoms with Crippen molar-refractivity contribution in [1.29, 1.82) is 0 Å². The van der Waals surface area contributed by atoms with Gasteiger partial charge in [-0.1, -0.05) is 6.07 Å². The van der Waals surface area contributed by atoms with Crippen LogP contribution in [0.15, 0.2) is 65.0 Å². The molecule has 3 heterocycles. The maximum atomic E-state index is 13.3. The topological polar surface area (TPSA) is 81.2 Å². The average molecular weight is 562 g/mol. The van der Waals surface area contributed by atoms with Gasteiger partial charge in [-0.25, -0.2) is 13.1 Å². The number of ether oxygens (including phenoxy) is 1. The summed E-state index contributed by atoms with van der Waals surface area (Å²) in [5, 5.41) is 0. The Labute approximate surface area is 223 Å². The van der Waals surface area contributed by atoms with Gasteiger partial charge < -0.3 is 4.74 Å². The van der Waals surface area contributed by atoms with Gasteiger partial charge in [0.1, 0.15) is 9.96 Å². The number of methoxy groups -OCH3 is 1. The highest BCUT2D eigenvalue weighted by molar-refractivity contribution is 7.91. The van der Waals surface area contributed by atoms with Crippen LogP contribution in [-0.4, -0.2) is 31.0 Å². The van der Waals surface area contributed by atoms with Gasteiger partial charge in [0, 0.05) is 23.0 Å². The Morgan fingerprint density at radius 2 is 1.61 bits per heavy atom. The smallest absolute Gasteiger partial charge is 0.419 e. The van der Waals surface area contributed by atoms with Crippen LogP contribution in [0.1, 0.15) is 32.0 Å². The number of alkyl halides is 3. The van der Waals surface area contributed by atoms with Gasteiger partial charge in [-0.2, -0.15) is 13.2 Å². The number of hydrogen-bond acceptors (Lipinski definition) is 6. The Bertz CT molecular complexity index is 1590. The Hall–Kier alpha value is -3.28. The zero-order valence-corrected chi connectivity index (χ0v) is 23.0. The summed E-state index contributed by atoms with van der Waals surface area (Å²) in [6, 6.07) is 14.2. The van der Waals surface area contributed by atoms with Gasteiger partial charge in [-0.3, -0.25) is 9.97 Å². The number of nitrogens with zero attached hydrogens (tertiary/aromatic N) is 2. The van der Waals surface area contributed by atoms with Crippen LogP contribution < -0.4 is 9.46 Å². The third-order valence-electron chi connectivity index (χ3n) is 5.39. The lowest BCUT2D eigenvalue weighted by Crippen LogP contribution is -2.40. The fraction of sp³-hybridized carbons (Fsp3) is 0.259. The molecule has 0 bridgehead atoms. The normalized spacial score (nSPS) is 12.5. The summed E-state index contributed by atoms with van der Waals surface area (Å²) in [6.07, 6.45) is -2.92. The molecule has 0 saturated heterocycles. The highest BCUT2D eigenvalue weighted by Crippen LogP contribution is 2.39. The van der Waals surface area contributed by atoms with Crippen LogP contribution in [0.3, 0.4) is 0 Å². The SMILES string of the molecule is COc1cc(-c2cc(C)nc(-c3ccnc(-c4ccc(S(=O)(=O)NC(C)(C)C)s4)c3)c2)ccc1C(F)(F)F. The van der Waals surface area contributed by atoms with Crippen molar-refractivity contribution in [2.75, 3.05) is 7.11 Å². The van der Waals surface area contributed by atoms with E-state index < -0.39 is 27.3 Å². The molecule has 0 spiro atoms. The van der Waals surface area contributed by atoms with Crippen molar-refractivity contribution < 1.29 is 26.3 Å². The summed E-state index contributed by atoms with van der Waals surface area (Å²) in [4.78, 5) is 9.68. The van der Waals surface area contributed by atoms with Crippen molar-refractivity contribution in [3.05, 3.63) is 72.1 Å². The van der Waals surface area contributed by atoms with Crippen LogP contribution in [0.25, 0.3) is 33.0 Å². The molecule has 0 aliphatic rings. The number of hydrogen-bond donors (Lipinski definition) is 1. The van der Waals surface area contributed by atoms with Gasteiger partial charge in [0.25, 0.3) is 10.0 Å². The number of nitrogens with one attached hydrogen (secondary N) is 1. The molecular weight excluding hydrogens is 535 g/mol. The first-order chi connectivity index (χ1) is 17.7. The first-order valence-electron chi connectivity index (χ1n) is 11.5. The number of aromatic nitrogens is 2. The molecule has 1 aromatic carbocycles. The number of pyridine rings is 2. The highest BCUT2D eigenvalue weighted by Gasteiger charge is 2.34. The number of thiophene rings is 1. The maximum Gasteiger partial charge on any atom is 0.419 e. The van der Waals surface area contributed by atoms with Crippen LogP contribution in [0.2, 0.25) is 0 Å². The van der Waals surface area contributed by atoms with Gasteiger partial charge in [0.2, 0.25) is 0 Å². The van der Waals surface area contributed by atoms with Crippen molar-refractivity contribution in [2.45, 2.75) is 43.6 Å². The maximum absolute atomic E-state index is 13.3. The van der Waals surface area contributed by atoms with Crippen molar-refractivity contribution in [2.24, 2.45) is 0 Å². The average Bonchev–Trinajstić information content (AvgIpc) is 3.33. The lowest BCUT2D eigenvalue weighted by atomic mass is 10.0. The summed E-state index contributed by atoms with van der Waals surface area (Å²) in [5.41, 5.74) is 2.34. The second kappa shape index (κ2) is 10.1. The largest absolute Gasteiger partial charge is 0.496 e. The minimum Gasteiger partial charge on any atom is -0.496 e.